The van der Waals surface area contributed by atoms with Crippen LogP contribution in [0.2, 0.25) is 0 Å². The second-order valence-corrected chi connectivity index (χ2v) is 9.64. The number of carboxylic acid groups (broad SMARTS) is 1. The Balaban J connectivity index is 1.44. The molecule has 6 nitrogen and oxygen atoms in total. The fourth-order valence-corrected chi connectivity index (χ4v) is 5.51. The van der Waals surface area contributed by atoms with Gasteiger partial charge in [-0.3, -0.25) is 4.79 Å². The molecule has 1 fully saturated rings. The molecule has 0 saturated carbocycles. The van der Waals surface area contributed by atoms with Crippen LogP contribution in [0.15, 0.2) is 41.4 Å². The molecule has 1 aromatic carbocycles. The number of piperazine rings is 1. The molecule has 1 aliphatic heterocycles. The first-order valence-corrected chi connectivity index (χ1v) is 11.0. The molecule has 4 rings (SSSR count). The predicted octanol–water partition coefficient (Wildman–Crippen LogP) is 3.13. The molecule has 0 bridgehead atoms. The van der Waals surface area contributed by atoms with E-state index >= 15 is 0 Å². The lowest BCUT2D eigenvalue weighted by molar-refractivity contribution is -0.147. The highest BCUT2D eigenvalue weighted by molar-refractivity contribution is 7.82. The quantitative estimate of drug-likeness (QED) is 0.770. The van der Waals surface area contributed by atoms with Gasteiger partial charge in [0, 0.05) is 32.4 Å². The zero-order valence-electron chi connectivity index (χ0n) is 16.9. The molecule has 0 spiro atoms. The van der Waals surface area contributed by atoms with Gasteiger partial charge in [-0.15, -0.1) is 0 Å². The van der Waals surface area contributed by atoms with Gasteiger partial charge in [0.1, 0.15) is 16.8 Å². The van der Waals surface area contributed by atoms with Crippen LogP contribution >= 0.6 is 0 Å². The summed E-state index contributed by atoms with van der Waals surface area (Å²) in [6.07, 6.45) is -2.84. The van der Waals surface area contributed by atoms with Gasteiger partial charge >= 0.3 is 12.1 Å². The maximum Gasteiger partial charge on any atom is 0.417 e. The van der Waals surface area contributed by atoms with E-state index in [9.17, 15) is 27.3 Å². The first-order valence-electron chi connectivity index (χ1n) is 9.88. The van der Waals surface area contributed by atoms with Crippen molar-refractivity contribution in [2.24, 2.45) is 5.41 Å². The van der Waals surface area contributed by atoms with Crippen LogP contribution in [0.4, 0.5) is 19.0 Å². The summed E-state index contributed by atoms with van der Waals surface area (Å²) in [7, 11) is -1.44. The second-order valence-electron chi connectivity index (χ2n) is 8.18. The number of anilines is 1. The van der Waals surface area contributed by atoms with E-state index in [0.717, 1.165) is 23.4 Å². The Morgan fingerprint density at radius 2 is 1.84 bits per heavy atom. The molecule has 1 aliphatic carbocycles. The molecule has 31 heavy (non-hydrogen) atoms. The molecule has 0 radical (unpaired) electrons. The molecule has 2 unspecified atom stereocenters. The van der Waals surface area contributed by atoms with Crippen LogP contribution in [-0.4, -0.2) is 50.8 Å². The van der Waals surface area contributed by atoms with Gasteiger partial charge in [0.05, 0.1) is 15.9 Å². The van der Waals surface area contributed by atoms with E-state index < -0.39 is 34.1 Å². The number of hydrogen-bond donors (Lipinski definition) is 1. The van der Waals surface area contributed by atoms with Crippen molar-refractivity contribution in [3.8, 4) is 0 Å². The third-order valence-electron chi connectivity index (χ3n) is 5.95. The van der Waals surface area contributed by atoms with E-state index in [1.807, 2.05) is 21.3 Å². The monoisotopic (exact) mass is 453 g/mol. The minimum atomic E-state index is -4.42. The highest BCUT2D eigenvalue weighted by atomic mass is 32.2. The van der Waals surface area contributed by atoms with Gasteiger partial charge in [0.25, 0.3) is 0 Å². The average Bonchev–Trinajstić information content (AvgIpc) is 3.10. The Hall–Kier alpha value is -2.46. The fourth-order valence-electron chi connectivity index (χ4n) is 4.13. The molecule has 1 saturated heterocycles. The molecule has 166 valence electrons. The first kappa shape index (κ1) is 21.8. The van der Waals surface area contributed by atoms with Gasteiger partial charge in [-0.05, 0) is 49.1 Å². The summed E-state index contributed by atoms with van der Waals surface area (Å²) < 4.78 is 53.3. The third kappa shape index (κ3) is 4.18. The number of fused-ring (bicyclic) bond motifs is 1. The van der Waals surface area contributed by atoms with E-state index in [4.69, 9.17) is 0 Å². The summed E-state index contributed by atoms with van der Waals surface area (Å²) >= 11 is 0. The van der Waals surface area contributed by atoms with Crippen LogP contribution in [0.25, 0.3) is 0 Å². The number of aromatic nitrogens is 1. The predicted molar refractivity (Wildman–Crippen MR) is 109 cm³/mol. The minimum absolute atomic E-state index is 0.342. The molecule has 2 aromatic rings. The van der Waals surface area contributed by atoms with Crippen molar-refractivity contribution < 1.29 is 27.3 Å². The lowest BCUT2D eigenvalue weighted by Gasteiger charge is -2.34. The number of pyridine rings is 1. The van der Waals surface area contributed by atoms with Crippen LogP contribution in [-0.2, 0) is 34.8 Å². The van der Waals surface area contributed by atoms with Gasteiger partial charge in [-0.2, -0.15) is 13.2 Å². The summed E-state index contributed by atoms with van der Waals surface area (Å²) in [5, 5.41) is 9.56. The number of hydrogen-bond acceptors (Lipinski definition) is 4. The Labute approximate surface area is 180 Å². The topological polar surface area (TPSA) is 73.7 Å². The molecule has 1 N–H and O–H groups in total. The van der Waals surface area contributed by atoms with E-state index in [-0.39, 0.29) is 0 Å². The van der Waals surface area contributed by atoms with Gasteiger partial charge in [0.2, 0.25) is 0 Å². The Kier molecular flexibility index (Phi) is 5.55. The maximum atomic E-state index is 13.3. The number of carbonyl (C=O) groups is 1. The van der Waals surface area contributed by atoms with E-state index in [0.29, 0.717) is 49.7 Å². The maximum absolute atomic E-state index is 13.3. The Bertz CT molecular complexity index is 1020. The molecule has 0 amide bonds. The van der Waals surface area contributed by atoms with E-state index in [1.54, 1.807) is 13.0 Å². The summed E-state index contributed by atoms with van der Waals surface area (Å²) in [5.41, 5.74) is 0.0819. The number of benzene rings is 1. The first-order chi connectivity index (χ1) is 14.6. The van der Waals surface area contributed by atoms with Crippen molar-refractivity contribution in [1.29, 1.82) is 0 Å². The molecule has 2 heterocycles. The van der Waals surface area contributed by atoms with Crippen molar-refractivity contribution in [3.63, 3.8) is 0 Å². The molecule has 1 aromatic heterocycles. The summed E-state index contributed by atoms with van der Waals surface area (Å²) in [6.45, 7) is 3.57. The average molecular weight is 453 g/mol. The number of carboxylic acids is 1. The number of rotatable bonds is 4. The summed E-state index contributed by atoms with van der Waals surface area (Å²) in [4.78, 5) is 18.1. The van der Waals surface area contributed by atoms with Crippen molar-refractivity contribution in [2.75, 3.05) is 31.1 Å². The van der Waals surface area contributed by atoms with Crippen molar-refractivity contribution >= 4 is 22.8 Å². The molecular formula is C21H22F3N3O3S. The molecule has 10 heteroatoms. The highest BCUT2D eigenvalue weighted by Gasteiger charge is 2.41. The number of aliphatic carboxylic acids is 1. The van der Waals surface area contributed by atoms with Crippen LogP contribution in [0.5, 0.6) is 0 Å². The largest absolute Gasteiger partial charge is 0.481 e. The fraction of sp³-hybridized carbons (Fsp3) is 0.429. The van der Waals surface area contributed by atoms with Crippen LogP contribution in [0, 0.1) is 5.41 Å². The minimum Gasteiger partial charge on any atom is -0.481 e. The van der Waals surface area contributed by atoms with Crippen LogP contribution in [0.3, 0.4) is 0 Å². The number of alkyl halides is 3. The summed E-state index contributed by atoms with van der Waals surface area (Å²) in [6, 6.07) is 7.85. The van der Waals surface area contributed by atoms with Crippen molar-refractivity contribution in [2.45, 2.75) is 30.8 Å². The smallest absolute Gasteiger partial charge is 0.417 e. The summed E-state index contributed by atoms with van der Waals surface area (Å²) in [5.74, 6) is -0.408. The zero-order valence-corrected chi connectivity index (χ0v) is 17.7. The lowest BCUT2D eigenvalue weighted by atomic mass is 9.88. The van der Waals surface area contributed by atoms with Crippen molar-refractivity contribution in [3.05, 3.63) is 53.2 Å². The standard InChI is InChI=1S/C21H22F3N3O3S/c1-20(19(28)29)11-14-3-2-4-17(16(14)12-20)31(30)27-9-7-26(8-10-27)18-6-5-15(13-25-18)21(22,23)24/h2-6,13H,7-12H2,1H3,(H,28,29). The van der Waals surface area contributed by atoms with Gasteiger partial charge in [0.15, 0.2) is 0 Å². The molecule has 2 atom stereocenters. The van der Waals surface area contributed by atoms with E-state index in [2.05, 4.69) is 4.98 Å². The lowest BCUT2D eigenvalue weighted by Crippen LogP contribution is -2.47. The zero-order chi connectivity index (χ0) is 22.4. The van der Waals surface area contributed by atoms with Gasteiger partial charge < -0.3 is 10.0 Å². The Morgan fingerprint density at radius 3 is 2.42 bits per heavy atom. The highest BCUT2D eigenvalue weighted by Crippen LogP contribution is 2.40. The SMILES string of the molecule is CC1(C(=O)O)Cc2cccc(S(=O)N3CCN(c4ccc(C(F)(F)F)cn4)CC3)c2C1. The number of halogens is 3. The Morgan fingerprint density at radius 1 is 1.13 bits per heavy atom. The van der Waals surface area contributed by atoms with Gasteiger partial charge in [-0.25, -0.2) is 13.5 Å². The van der Waals surface area contributed by atoms with E-state index in [1.165, 1.54) is 6.07 Å². The molecule has 2 aliphatic rings. The normalized spacial score (nSPS) is 22.9. The third-order valence-corrected chi connectivity index (χ3v) is 7.55. The second kappa shape index (κ2) is 7.90. The van der Waals surface area contributed by atoms with Crippen LogP contribution < -0.4 is 4.90 Å². The van der Waals surface area contributed by atoms with Gasteiger partial charge in [-0.1, -0.05) is 12.1 Å². The molecular weight excluding hydrogens is 431 g/mol. The van der Waals surface area contributed by atoms with Crippen molar-refractivity contribution in [1.82, 2.24) is 9.29 Å². The van der Waals surface area contributed by atoms with Crippen LogP contribution in [0.1, 0.15) is 23.6 Å². The number of nitrogens with zero attached hydrogens (tertiary/aromatic N) is 3.